The SMILES string of the molecule is CCNC(=O)CN(C)c1c(C(=O)O)cccc1[N+](=O)[O-]. The average molecular weight is 281 g/mol. The molecule has 0 aliphatic heterocycles. The van der Waals surface area contributed by atoms with Gasteiger partial charge in [-0.15, -0.1) is 0 Å². The molecule has 0 bridgehead atoms. The number of carbonyl (C=O) groups is 2. The lowest BCUT2D eigenvalue weighted by atomic mass is 10.1. The van der Waals surface area contributed by atoms with Crippen molar-refractivity contribution in [3.8, 4) is 0 Å². The van der Waals surface area contributed by atoms with Crippen LogP contribution in [0.15, 0.2) is 18.2 Å². The Labute approximate surface area is 115 Å². The number of rotatable bonds is 6. The Bertz CT molecular complexity index is 512. The molecule has 108 valence electrons. The lowest BCUT2D eigenvalue weighted by molar-refractivity contribution is -0.384. The van der Waals surface area contributed by atoms with Crippen LogP contribution in [-0.4, -0.2) is 42.0 Å². The van der Waals surface area contributed by atoms with E-state index >= 15 is 0 Å². The van der Waals surface area contributed by atoms with Gasteiger partial charge in [0.15, 0.2) is 0 Å². The third kappa shape index (κ3) is 3.44. The van der Waals surface area contributed by atoms with Gasteiger partial charge in [0.2, 0.25) is 5.91 Å². The van der Waals surface area contributed by atoms with Crippen molar-refractivity contribution >= 4 is 23.3 Å². The van der Waals surface area contributed by atoms with Crippen molar-refractivity contribution in [2.45, 2.75) is 6.92 Å². The first-order valence-corrected chi connectivity index (χ1v) is 5.87. The molecule has 0 aliphatic carbocycles. The zero-order chi connectivity index (χ0) is 15.3. The van der Waals surface area contributed by atoms with E-state index in [4.69, 9.17) is 5.11 Å². The summed E-state index contributed by atoms with van der Waals surface area (Å²) in [7, 11) is 1.43. The van der Waals surface area contributed by atoms with Crippen molar-refractivity contribution < 1.29 is 19.6 Å². The molecule has 0 spiro atoms. The number of para-hydroxylation sites is 1. The van der Waals surface area contributed by atoms with Gasteiger partial charge in [-0.3, -0.25) is 14.9 Å². The summed E-state index contributed by atoms with van der Waals surface area (Å²) in [5.74, 6) is -1.63. The predicted octanol–water partition coefficient (Wildman–Crippen LogP) is 0.865. The first-order valence-electron chi connectivity index (χ1n) is 5.87. The van der Waals surface area contributed by atoms with Gasteiger partial charge in [0.25, 0.3) is 5.69 Å². The van der Waals surface area contributed by atoms with Gasteiger partial charge in [0.05, 0.1) is 17.0 Å². The molecule has 2 N–H and O–H groups in total. The Morgan fingerprint density at radius 3 is 2.60 bits per heavy atom. The maximum Gasteiger partial charge on any atom is 0.338 e. The quantitative estimate of drug-likeness (QED) is 0.590. The number of nitrogens with one attached hydrogen (secondary N) is 1. The van der Waals surface area contributed by atoms with E-state index < -0.39 is 10.9 Å². The van der Waals surface area contributed by atoms with E-state index in [9.17, 15) is 19.7 Å². The number of nitro benzene ring substituents is 1. The number of benzene rings is 1. The number of hydrogen-bond donors (Lipinski definition) is 2. The Morgan fingerprint density at radius 2 is 2.10 bits per heavy atom. The molecule has 0 aliphatic rings. The molecule has 8 heteroatoms. The lowest BCUT2D eigenvalue weighted by Crippen LogP contribution is -2.35. The van der Waals surface area contributed by atoms with Gasteiger partial charge in [-0.05, 0) is 13.0 Å². The van der Waals surface area contributed by atoms with Crippen LogP contribution >= 0.6 is 0 Å². The second-order valence-electron chi connectivity index (χ2n) is 4.05. The second kappa shape index (κ2) is 6.50. The van der Waals surface area contributed by atoms with Crippen LogP contribution < -0.4 is 10.2 Å². The number of hydrogen-bond acceptors (Lipinski definition) is 5. The lowest BCUT2D eigenvalue weighted by Gasteiger charge is -2.20. The van der Waals surface area contributed by atoms with Crippen LogP contribution in [0.4, 0.5) is 11.4 Å². The topological polar surface area (TPSA) is 113 Å². The van der Waals surface area contributed by atoms with Gasteiger partial charge in [0, 0.05) is 19.7 Å². The largest absolute Gasteiger partial charge is 0.478 e. The summed E-state index contributed by atoms with van der Waals surface area (Å²) < 4.78 is 0. The number of anilines is 1. The monoisotopic (exact) mass is 281 g/mol. The number of amides is 1. The molecule has 8 nitrogen and oxygen atoms in total. The highest BCUT2D eigenvalue weighted by Gasteiger charge is 2.25. The number of likely N-dealkylation sites (N-methyl/N-ethyl adjacent to an activating group) is 2. The fraction of sp³-hybridized carbons (Fsp3) is 0.333. The van der Waals surface area contributed by atoms with Crippen molar-refractivity contribution in [3.63, 3.8) is 0 Å². The Morgan fingerprint density at radius 1 is 1.45 bits per heavy atom. The van der Waals surface area contributed by atoms with E-state index in [1.807, 2.05) is 0 Å². The van der Waals surface area contributed by atoms with Crippen LogP contribution in [-0.2, 0) is 4.79 Å². The van der Waals surface area contributed by atoms with Crippen LogP contribution in [0.3, 0.4) is 0 Å². The molecule has 1 rings (SSSR count). The number of carboxylic acids is 1. The fourth-order valence-corrected chi connectivity index (χ4v) is 1.80. The minimum absolute atomic E-state index is 0.0868. The van der Waals surface area contributed by atoms with E-state index in [0.29, 0.717) is 6.54 Å². The second-order valence-corrected chi connectivity index (χ2v) is 4.05. The van der Waals surface area contributed by atoms with Crippen LogP contribution in [0.25, 0.3) is 0 Å². The average Bonchev–Trinajstić information content (AvgIpc) is 2.37. The smallest absolute Gasteiger partial charge is 0.338 e. The number of carboxylic acid groups (broad SMARTS) is 1. The minimum atomic E-state index is -1.29. The van der Waals surface area contributed by atoms with E-state index in [-0.39, 0.29) is 29.4 Å². The fourth-order valence-electron chi connectivity index (χ4n) is 1.80. The molecule has 0 fully saturated rings. The molecular formula is C12H15N3O5. The predicted molar refractivity (Wildman–Crippen MR) is 72.0 cm³/mol. The summed E-state index contributed by atoms with van der Waals surface area (Å²) in [6.45, 7) is 2.00. The molecule has 0 atom stereocenters. The van der Waals surface area contributed by atoms with Crippen LogP contribution in [0.1, 0.15) is 17.3 Å². The Balaban J connectivity index is 3.22. The summed E-state index contributed by atoms with van der Waals surface area (Å²) in [6.07, 6.45) is 0. The number of carbonyl (C=O) groups excluding carboxylic acids is 1. The third-order valence-corrected chi connectivity index (χ3v) is 2.58. The molecule has 0 aromatic heterocycles. The summed E-state index contributed by atoms with van der Waals surface area (Å²) in [4.78, 5) is 34.3. The van der Waals surface area contributed by atoms with Crippen molar-refractivity contribution in [2.24, 2.45) is 0 Å². The Kier molecular flexibility index (Phi) is 5.01. The first kappa shape index (κ1) is 15.4. The van der Waals surface area contributed by atoms with E-state index in [2.05, 4.69) is 5.32 Å². The van der Waals surface area contributed by atoms with Gasteiger partial charge in [-0.1, -0.05) is 6.07 Å². The molecule has 20 heavy (non-hydrogen) atoms. The van der Waals surface area contributed by atoms with Crippen LogP contribution in [0, 0.1) is 10.1 Å². The van der Waals surface area contributed by atoms with Gasteiger partial charge in [-0.25, -0.2) is 4.79 Å². The molecular weight excluding hydrogens is 266 g/mol. The Hall–Kier alpha value is -2.64. The van der Waals surface area contributed by atoms with Crippen molar-refractivity contribution in [1.29, 1.82) is 0 Å². The van der Waals surface area contributed by atoms with Gasteiger partial charge in [-0.2, -0.15) is 0 Å². The zero-order valence-electron chi connectivity index (χ0n) is 11.1. The van der Waals surface area contributed by atoms with Crippen LogP contribution in [0.2, 0.25) is 0 Å². The zero-order valence-corrected chi connectivity index (χ0v) is 11.1. The summed E-state index contributed by atoms with van der Waals surface area (Å²) in [5, 5.41) is 22.7. The maximum atomic E-state index is 11.5. The van der Waals surface area contributed by atoms with E-state index in [1.165, 1.54) is 30.1 Å². The highest BCUT2D eigenvalue weighted by molar-refractivity contribution is 5.98. The minimum Gasteiger partial charge on any atom is -0.478 e. The van der Waals surface area contributed by atoms with Crippen LogP contribution in [0.5, 0.6) is 0 Å². The number of nitro groups is 1. The molecule has 1 aromatic rings. The maximum absolute atomic E-state index is 11.5. The van der Waals surface area contributed by atoms with E-state index in [0.717, 1.165) is 0 Å². The molecule has 0 radical (unpaired) electrons. The number of nitrogens with zero attached hydrogens (tertiary/aromatic N) is 2. The normalized spacial score (nSPS) is 9.90. The molecule has 0 unspecified atom stereocenters. The van der Waals surface area contributed by atoms with Crippen molar-refractivity contribution in [3.05, 3.63) is 33.9 Å². The number of aromatic carboxylic acids is 1. The first-order chi connectivity index (χ1) is 9.38. The highest BCUT2D eigenvalue weighted by Crippen LogP contribution is 2.31. The highest BCUT2D eigenvalue weighted by atomic mass is 16.6. The van der Waals surface area contributed by atoms with Crippen molar-refractivity contribution in [1.82, 2.24) is 5.32 Å². The standard InChI is InChI=1S/C12H15N3O5/c1-3-13-10(16)7-14(2)11-8(12(17)18)5-4-6-9(11)15(19)20/h4-6H,3,7H2,1-2H3,(H,13,16)(H,17,18). The molecule has 1 amide bonds. The van der Waals surface area contributed by atoms with Crippen molar-refractivity contribution in [2.75, 3.05) is 25.0 Å². The molecule has 0 heterocycles. The summed E-state index contributed by atoms with van der Waals surface area (Å²) in [5.41, 5.74) is -0.654. The van der Waals surface area contributed by atoms with Gasteiger partial charge >= 0.3 is 5.97 Å². The summed E-state index contributed by atoms with van der Waals surface area (Å²) in [6, 6.07) is 3.76. The van der Waals surface area contributed by atoms with E-state index in [1.54, 1.807) is 6.92 Å². The summed E-state index contributed by atoms with van der Waals surface area (Å²) >= 11 is 0. The van der Waals surface area contributed by atoms with Gasteiger partial charge in [0.1, 0.15) is 5.69 Å². The molecule has 0 saturated carbocycles. The van der Waals surface area contributed by atoms with Gasteiger partial charge < -0.3 is 15.3 Å². The molecule has 1 aromatic carbocycles. The molecule has 0 saturated heterocycles. The third-order valence-electron chi connectivity index (χ3n) is 2.58.